The highest BCUT2D eigenvalue weighted by Gasteiger charge is 2.11. The maximum atomic E-state index is 10.5. The predicted molar refractivity (Wildman–Crippen MR) is 71.0 cm³/mol. The fourth-order valence-corrected chi connectivity index (χ4v) is 1.91. The average Bonchev–Trinajstić information content (AvgIpc) is 3.04. The lowest BCUT2D eigenvalue weighted by Crippen LogP contribution is -1.97. The van der Waals surface area contributed by atoms with Gasteiger partial charge in [0, 0.05) is 22.8 Å². The highest BCUT2D eigenvalue weighted by atomic mass is 16.6. The molecule has 3 rings (SSSR count). The molecule has 2 heterocycles. The van der Waals surface area contributed by atoms with Crippen LogP contribution in [0.2, 0.25) is 0 Å². The van der Waals surface area contributed by atoms with Gasteiger partial charge in [0.25, 0.3) is 0 Å². The summed E-state index contributed by atoms with van der Waals surface area (Å²) in [6.45, 7) is 0.407. The van der Waals surface area contributed by atoms with Gasteiger partial charge in [0.15, 0.2) is 0 Å². The van der Waals surface area contributed by atoms with Crippen LogP contribution < -0.4 is 5.32 Å². The van der Waals surface area contributed by atoms with Gasteiger partial charge >= 0.3 is 5.88 Å². The van der Waals surface area contributed by atoms with Crippen LogP contribution in [0, 0.1) is 10.1 Å². The molecule has 0 aliphatic rings. The number of anilines is 1. The summed E-state index contributed by atoms with van der Waals surface area (Å²) in [6.07, 6.45) is 1.88. The van der Waals surface area contributed by atoms with E-state index in [1.54, 1.807) is 6.07 Å². The molecule has 0 unspecified atom stereocenters. The Balaban J connectivity index is 1.72. The number of benzene rings is 1. The standard InChI is InChI=1S/C13H11N3O3/c17-16(18)13-4-2-11(19-13)8-15-10-1-3-12-9(7-10)5-6-14-12/h1-7,14-15H,8H2. The van der Waals surface area contributed by atoms with Gasteiger partial charge in [-0.05, 0) is 30.3 Å². The van der Waals surface area contributed by atoms with Gasteiger partial charge in [-0.1, -0.05) is 0 Å². The van der Waals surface area contributed by atoms with E-state index in [2.05, 4.69) is 10.3 Å². The van der Waals surface area contributed by atoms with Crippen LogP contribution in [0.1, 0.15) is 5.76 Å². The molecule has 0 aliphatic carbocycles. The normalized spacial score (nSPS) is 10.7. The molecule has 0 atom stereocenters. The number of nitro groups is 1. The minimum Gasteiger partial charge on any atom is -0.404 e. The second-order valence-electron chi connectivity index (χ2n) is 4.13. The van der Waals surface area contributed by atoms with Gasteiger partial charge in [-0.25, -0.2) is 0 Å². The number of rotatable bonds is 4. The zero-order chi connectivity index (χ0) is 13.2. The van der Waals surface area contributed by atoms with Crippen LogP contribution in [-0.2, 0) is 6.54 Å². The van der Waals surface area contributed by atoms with Crippen molar-refractivity contribution in [3.05, 3.63) is 58.5 Å². The summed E-state index contributed by atoms with van der Waals surface area (Å²) >= 11 is 0. The third kappa shape index (κ3) is 2.28. The Hall–Kier alpha value is -2.76. The molecule has 0 amide bonds. The van der Waals surface area contributed by atoms with E-state index in [-0.39, 0.29) is 5.88 Å². The van der Waals surface area contributed by atoms with Crippen LogP contribution >= 0.6 is 0 Å². The Morgan fingerprint density at radius 2 is 2.16 bits per heavy atom. The summed E-state index contributed by atoms with van der Waals surface area (Å²) in [5.74, 6) is 0.291. The van der Waals surface area contributed by atoms with E-state index in [1.807, 2.05) is 30.5 Å². The molecule has 0 fully saturated rings. The predicted octanol–water partition coefficient (Wildman–Crippen LogP) is 3.28. The maximum absolute atomic E-state index is 10.5. The van der Waals surface area contributed by atoms with Crippen LogP contribution in [0.3, 0.4) is 0 Å². The molecule has 3 aromatic rings. The average molecular weight is 257 g/mol. The van der Waals surface area contributed by atoms with Crippen LogP contribution in [0.4, 0.5) is 11.6 Å². The van der Waals surface area contributed by atoms with Gasteiger partial charge in [0.1, 0.15) is 10.7 Å². The first-order valence-electron chi connectivity index (χ1n) is 5.76. The molecule has 0 bridgehead atoms. The summed E-state index contributed by atoms with van der Waals surface area (Å²) < 4.78 is 5.07. The second kappa shape index (κ2) is 4.49. The van der Waals surface area contributed by atoms with Crippen molar-refractivity contribution in [1.82, 2.24) is 4.98 Å². The Labute approximate surface area is 108 Å². The van der Waals surface area contributed by atoms with E-state index in [9.17, 15) is 10.1 Å². The van der Waals surface area contributed by atoms with Crippen LogP contribution in [0.15, 0.2) is 47.0 Å². The van der Waals surface area contributed by atoms with Crippen molar-refractivity contribution in [2.24, 2.45) is 0 Å². The van der Waals surface area contributed by atoms with E-state index in [1.165, 1.54) is 6.07 Å². The van der Waals surface area contributed by atoms with E-state index in [0.717, 1.165) is 16.6 Å². The molecule has 2 N–H and O–H groups in total. The lowest BCUT2D eigenvalue weighted by molar-refractivity contribution is -0.402. The summed E-state index contributed by atoms with van der Waals surface area (Å²) in [4.78, 5) is 13.1. The third-order valence-corrected chi connectivity index (χ3v) is 2.85. The van der Waals surface area contributed by atoms with Crippen molar-refractivity contribution in [3.8, 4) is 0 Å². The Kier molecular flexibility index (Phi) is 2.68. The van der Waals surface area contributed by atoms with Gasteiger partial charge in [-0.15, -0.1) is 0 Å². The summed E-state index contributed by atoms with van der Waals surface area (Å²) in [5.41, 5.74) is 2.00. The highest BCUT2D eigenvalue weighted by molar-refractivity contribution is 5.82. The fourth-order valence-electron chi connectivity index (χ4n) is 1.91. The number of aromatic amines is 1. The first kappa shape index (κ1) is 11.3. The number of aromatic nitrogens is 1. The van der Waals surface area contributed by atoms with E-state index >= 15 is 0 Å². The third-order valence-electron chi connectivity index (χ3n) is 2.85. The molecule has 6 heteroatoms. The number of furan rings is 1. The topological polar surface area (TPSA) is 84.1 Å². The molecular weight excluding hydrogens is 246 g/mol. The Morgan fingerprint density at radius 1 is 1.26 bits per heavy atom. The zero-order valence-corrected chi connectivity index (χ0v) is 9.92. The van der Waals surface area contributed by atoms with Gasteiger partial charge in [-0.3, -0.25) is 10.1 Å². The van der Waals surface area contributed by atoms with Gasteiger partial charge in [-0.2, -0.15) is 0 Å². The van der Waals surface area contributed by atoms with E-state index in [0.29, 0.717) is 12.3 Å². The number of hydrogen-bond donors (Lipinski definition) is 2. The molecule has 0 aliphatic heterocycles. The fraction of sp³-hybridized carbons (Fsp3) is 0.0769. The largest absolute Gasteiger partial charge is 0.433 e. The highest BCUT2D eigenvalue weighted by Crippen LogP contribution is 2.20. The number of hydrogen-bond acceptors (Lipinski definition) is 4. The minimum atomic E-state index is -0.546. The molecule has 19 heavy (non-hydrogen) atoms. The number of nitrogens with zero attached hydrogens (tertiary/aromatic N) is 1. The van der Waals surface area contributed by atoms with Crippen molar-refractivity contribution >= 4 is 22.5 Å². The monoisotopic (exact) mass is 257 g/mol. The van der Waals surface area contributed by atoms with E-state index in [4.69, 9.17) is 4.42 Å². The van der Waals surface area contributed by atoms with Gasteiger partial charge in [0.05, 0.1) is 12.6 Å². The maximum Gasteiger partial charge on any atom is 0.433 e. The van der Waals surface area contributed by atoms with Gasteiger partial charge in [0.2, 0.25) is 0 Å². The first-order valence-corrected chi connectivity index (χ1v) is 5.76. The van der Waals surface area contributed by atoms with Gasteiger partial charge < -0.3 is 14.7 Å². The molecule has 0 radical (unpaired) electrons. The number of nitrogens with one attached hydrogen (secondary N) is 2. The molecule has 1 aromatic carbocycles. The van der Waals surface area contributed by atoms with Crippen molar-refractivity contribution in [2.75, 3.05) is 5.32 Å². The minimum absolute atomic E-state index is 0.238. The van der Waals surface area contributed by atoms with Crippen molar-refractivity contribution in [3.63, 3.8) is 0 Å². The lowest BCUT2D eigenvalue weighted by Gasteiger charge is -2.04. The lowest BCUT2D eigenvalue weighted by atomic mass is 10.2. The van der Waals surface area contributed by atoms with Crippen molar-refractivity contribution in [1.29, 1.82) is 0 Å². The summed E-state index contributed by atoms with van der Waals surface area (Å²) in [7, 11) is 0. The molecule has 0 saturated carbocycles. The summed E-state index contributed by atoms with van der Waals surface area (Å²) in [5, 5.41) is 14.8. The SMILES string of the molecule is O=[N+]([O-])c1ccc(CNc2ccc3[nH]ccc3c2)o1. The molecule has 2 aromatic heterocycles. The van der Waals surface area contributed by atoms with Crippen molar-refractivity contribution < 1.29 is 9.34 Å². The van der Waals surface area contributed by atoms with Crippen LogP contribution in [-0.4, -0.2) is 9.91 Å². The molecule has 0 saturated heterocycles. The Morgan fingerprint density at radius 3 is 2.95 bits per heavy atom. The van der Waals surface area contributed by atoms with Crippen LogP contribution in [0.5, 0.6) is 0 Å². The Bertz CT molecular complexity index is 729. The molecule has 6 nitrogen and oxygen atoms in total. The molecule has 96 valence electrons. The smallest absolute Gasteiger partial charge is 0.404 e. The molecule has 0 spiro atoms. The second-order valence-corrected chi connectivity index (χ2v) is 4.13. The van der Waals surface area contributed by atoms with E-state index < -0.39 is 4.92 Å². The number of fused-ring (bicyclic) bond motifs is 1. The summed E-state index contributed by atoms with van der Waals surface area (Å²) in [6, 6.07) is 10.9. The van der Waals surface area contributed by atoms with Crippen molar-refractivity contribution in [2.45, 2.75) is 6.54 Å². The molecular formula is C13H11N3O3. The quantitative estimate of drug-likeness (QED) is 0.555. The number of H-pyrrole nitrogens is 1. The first-order chi connectivity index (χ1) is 9.22. The zero-order valence-electron chi connectivity index (χ0n) is 9.92. The van der Waals surface area contributed by atoms with Crippen LogP contribution in [0.25, 0.3) is 10.9 Å².